The molecule has 1 fully saturated rings. The fourth-order valence-electron chi connectivity index (χ4n) is 3.24. The monoisotopic (exact) mass is 421 g/mol. The fourth-order valence-corrected chi connectivity index (χ4v) is 3.65. The summed E-state index contributed by atoms with van der Waals surface area (Å²) in [6, 6.07) is 7.22. The quantitative estimate of drug-likeness (QED) is 0.664. The van der Waals surface area contributed by atoms with Gasteiger partial charge in [0.1, 0.15) is 18.0 Å². The number of imidazole rings is 1. The van der Waals surface area contributed by atoms with Crippen LogP contribution >= 0.6 is 23.8 Å². The molecule has 1 saturated heterocycles. The van der Waals surface area contributed by atoms with Gasteiger partial charge in [-0.25, -0.2) is 9.78 Å². The summed E-state index contributed by atoms with van der Waals surface area (Å²) in [4.78, 5) is 18.5. The molecule has 2 aromatic rings. The lowest BCUT2D eigenvalue weighted by Crippen LogP contribution is -2.43. The van der Waals surface area contributed by atoms with Crippen LogP contribution in [0.5, 0.6) is 0 Å². The van der Waals surface area contributed by atoms with Gasteiger partial charge in [-0.15, -0.1) is 0 Å². The predicted molar refractivity (Wildman–Crippen MR) is 111 cm³/mol. The van der Waals surface area contributed by atoms with Crippen LogP contribution in [-0.2, 0) is 9.47 Å². The van der Waals surface area contributed by atoms with Crippen molar-refractivity contribution < 1.29 is 14.3 Å². The summed E-state index contributed by atoms with van der Waals surface area (Å²) in [6.07, 6.45) is 5.76. The van der Waals surface area contributed by atoms with Crippen LogP contribution in [0.4, 0.5) is 4.79 Å². The van der Waals surface area contributed by atoms with Crippen molar-refractivity contribution in [2.45, 2.75) is 51.4 Å². The Morgan fingerprint density at radius 3 is 2.82 bits per heavy atom. The maximum absolute atomic E-state index is 12.8. The molecule has 0 N–H and O–H groups in total. The zero-order valence-corrected chi connectivity index (χ0v) is 17.7. The van der Waals surface area contributed by atoms with E-state index in [4.69, 9.17) is 33.3 Å². The number of rotatable bonds is 3. The molecule has 0 spiro atoms. The van der Waals surface area contributed by atoms with Crippen molar-refractivity contribution in [3.05, 3.63) is 53.6 Å². The van der Waals surface area contributed by atoms with Gasteiger partial charge < -0.3 is 14.4 Å². The molecule has 6 nitrogen and oxygen atoms in total. The first-order valence-electron chi connectivity index (χ1n) is 9.18. The molecule has 1 aliphatic heterocycles. The van der Waals surface area contributed by atoms with Crippen molar-refractivity contribution in [3.8, 4) is 0 Å². The summed E-state index contributed by atoms with van der Waals surface area (Å²) in [7, 11) is 0. The topological polar surface area (TPSA) is 56.6 Å². The van der Waals surface area contributed by atoms with E-state index in [1.165, 1.54) is 0 Å². The molecule has 0 aliphatic carbocycles. The van der Waals surface area contributed by atoms with Crippen LogP contribution in [0.3, 0.4) is 0 Å². The van der Waals surface area contributed by atoms with Crippen LogP contribution in [0.1, 0.15) is 45.3 Å². The number of nitrogens with zero attached hydrogens (tertiary/aromatic N) is 3. The van der Waals surface area contributed by atoms with E-state index >= 15 is 0 Å². The van der Waals surface area contributed by atoms with Crippen LogP contribution in [-0.4, -0.2) is 43.9 Å². The van der Waals surface area contributed by atoms with Gasteiger partial charge in [0.25, 0.3) is 5.17 Å². The molecule has 1 aromatic carbocycles. The van der Waals surface area contributed by atoms with Crippen LogP contribution < -0.4 is 0 Å². The van der Waals surface area contributed by atoms with Crippen molar-refractivity contribution in [2.24, 2.45) is 0 Å². The minimum Gasteiger partial charge on any atom is -0.460 e. The number of benzene rings is 1. The number of likely N-dealkylation sites (tertiary alicyclic amines) is 1. The van der Waals surface area contributed by atoms with Crippen LogP contribution in [0, 0.1) is 0 Å². The molecule has 150 valence electrons. The second kappa shape index (κ2) is 8.49. The minimum absolute atomic E-state index is 0.213. The molecule has 2 atom stereocenters. The number of thiocarbonyl (C=S) groups is 1. The molecule has 3 rings (SSSR count). The van der Waals surface area contributed by atoms with Gasteiger partial charge >= 0.3 is 6.09 Å². The highest BCUT2D eigenvalue weighted by Crippen LogP contribution is 2.34. The maximum atomic E-state index is 12.8. The number of carbonyl (C=O) groups excluding carboxylic acids is 1. The number of carbonyl (C=O) groups is 1. The van der Waals surface area contributed by atoms with E-state index in [9.17, 15) is 4.79 Å². The molecule has 2 heterocycles. The van der Waals surface area contributed by atoms with Crippen molar-refractivity contribution in [3.63, 3.8) is 0 Å². The van der Waals surface area contributed by atoms with E-state index in [1.807, 2.05) is 39.0 Å². The Bertz CT molecular complexity index is 835. The molecular formula is C20H24ClN3O3S. The van der Waals surface area contributed by atoms with Gasteiger partial charge in [-0.05, 0) is 63.5 Å². The Morgan fingerprint density at radius 1 is 1.39 bits per heavy atom. The number of aromatic nitrogens is 2. The van der Waals surface area contributed by atoms with Crippen molar-refractivity contribution in [1.29, 1.82) is 0 Å². The second-order valence-electron chi connectivity index (χ2n) is 7.71. The average Bonchev–Trinajstić information content (AvgIpc) is 3.29. The molecule has 1 amide bonds. The lowest BCUT2D eigenvalue weighted by Gasteiger charge is -2.33. The molecule has 28 heavy (non-hydrogen) atoms. The molecular weight excluding hydrogens is 398 g/mol. The Kier molecular flexibility index (Phi) is 6.25. The standard InChI is InChI=1S/C20H24ClN3O3S/c1-20(2,3)27-18(25)24-10-5-8-16(24)17(14-6-4-7-15(21)12-14)26-19(28)23-11-9-22-13-23/h4,6-7,9,11-13,16-17H,5,8,10H2,1-3H3/t16-,17?/m0/s1. The average molecular weight is 422 g/mol. The Morgan fingerprint density at radius 2 is 2.18 bits per heavy atom. The zero-order valence-electron chi connectivity index (χ0n) is 16.2. The molecule has 0 radical (unpaired) electrons. The number of amides is 1. The van der Waals surface area contributed by atoms with Crippen molar-refractivity contribution >= 4 is 35.1 Å². The van der Waals surface area contributed by atoms with E-state index in [2.05, 4.69) is 4.98 Å². The summed E-state index contributed by atoms with van der Waals surface area (Å²) in [5.74, 6) is 0. The van der Waals surface area contributed by atoms with Gasteiger partial charge in [0, 0.05) is 24.0 Å². The first-order chi connectivity index (χ1) is 13.2. The third kappa shape index (κ3) is 5.02. The minimum atomic E-state index is -0.567. The summed E-state index contributed by atoms with van der Waals surface area (Å²) in [6.45, 7) is 6.18. The van der Waals surface area contributed by atoms with Gasteiger partial charge in [0.2, 0.25) is 0 Å². The molecule has 8 heteroatoms. The normalized spacial score (nSPS) is 18.0. The predicted octanol–water partition coefficient (Wildman–Crippen LogP) is 4.83. The number of ether oxygens (including phenoxy) is 2. The molecule has 0 bridgehead atoms. The van der Waals surface area contributed by atoms with Gasteiger partial charge in [-0.1, -0.05) is 23.7 Å². The maximum Gasteiger partial charge on any atom is 0.410 e. The summed E-state index contributed by atoms with van der Waals surface area (Å²) < 4.78 is 13.4. The van der Waals surface area contributed by atoms with E-state index in [1.54, 1.807) is 34.3 Å². The second-order valence-corrected chi connectivity index (χ2v) is 8.50. The highest BCUT2D eigenvalue weighted by Gasteiger charge is 2.39. The van der Waals surface area contributed by atoms with Gasteiger partial charge in [-0.3, -0.25) is 4.57 Å². The largest absolute Gasteiger partial charge is 0.460 e. The summed E-state index contributed by atoms with van der Waals surface area (Å²) in [5, 5.41) is 0.861. The van der Waals surface area contributed by atoms with Gasteiger partial charge in [-0.2, -0.15) is 0 Å². The highest BCUT2D eigenvalue weighted by atomic mass is 35.5. The Balaban J connectivity index is 1.89. The van der Waals surface area contributed by atoms with Gasteiger partial charge in [0.15, 0.2) is 0 Å². The molecule has 0 saturated carbocycles. The molecule has 1 unspecified atom stereocenters. The van der Waals surface area contributed by atoms with E-state index in [0.717, 1.165) is 18.4 Å². The van der Waals surface area contributed by atoms with Crippen molar-refractivity contribution in [2.75, 3.05) is 6.54 Å². The van der Waals surface area contributed by atoms with E-state index in [-0.39, 0.29) is 17.3 Å². The van der Waals surface area contributed by atoms with Crippen LogP contribution in [0.15, 0.2) is 43.0 Å². The van der Waals surface area contributed by atoms with E-state index in [0.29, 0.717) is 11.6 Å². The molecule has 1 aromatic heterocycles. The SMILES string of the molecule is CC(C)(C)OC(=O)N1CCC[C@H]1C(OC(=S)n1ccnc1)c1cccc(Cl)c1. The van der Waals surface area contributed by atoms with E-state index < -0.39 is 11.7 Å². The highest BCUT2D eigenvalue weighted by molar-refractivity contribution is 7.80. The zero-order chi connectivity index (χ0) is 20.3. The number of hydrogen-bond acceptors (Lipinski definition) is 5. The smallest absolute Gasteiger partial charge is 0.410 e. The summed E-state index contributed by atoms with van der Waals surface area (Å²) >= 11 is 11.7. The fraction of sp³-hybridized carbons (Fsp3) is 0.450. The number of hydrogen-bond donors (Lipinski definition) is 0. The van der Waals surface area contributed by atoms with Crippen LogP contribution in [0.25, 0.3) is 0 Å². The number of halogens is 1. The lowest BCUT2D eigenvalue weighted by molar-refractivity contribution is 0.00710. The first-order valence-corrected chi connectivity index (χ1v) is 9.97. The van der Waals surface area contributed by atoms with Gasteiger partial charge in [0.05, 0.1) is 6.04 Å². The third-order valence-electron chi connectivity index (χ3n) is 4.40. The lowest BCUT2D eigenvalue weighted by atomic mass is 10.00. The third-order valence-corrected chi connectivity index (χ3v) is 4.94. The Hall–Kier alpha value is -2.12. The summed E-state index contributed by atoms with van der Waals surface area (Å²) in [5.41, 5.74) is 0.290. The first kappa shape index (κ1) is 20.6. The van der Waals surface area contributed by atoms with Crippen molar-refractivity contribution in [1.82, 2.24) is 14.5 Å². The molecule has 1 aliphatic rings. The Labute approximate surface area is 175 Å². The van der Waals surface area contributed by atoms with Crippen LogP contribution in [0.2, 0.25) is 5.02 Å².